The van der Waals surface area contributed by atoms with Crippen molar-refractivity contribution in [3.8, 4) is 50.6 Å². The Morgan fingerprint density at radius 2 is 0.864 bits per heavy atom. The van der Waals surface area contributed by atoms with Crippen LogP contribution in [0.4, 0.5) is 0 Å². The van der Waals surface area contributed by atoms with Crippen LogP contribution in [0.15, 0.2) is 206 Å². The molecule has 0 amide bonds. The third-order valence-corrected chi connectivity index (χ3v) is 11.8. The van der Waals surface area contributed by atoms with Gasteiger partial charge < -0.3 is 4.57 Å². The normalized spacial score (nSPS) is 11.7. The first-order valence-electron chi connectivity index (χ1n) is 20.0. The van der Waals surface area contributed by atoms with Crippen LogP contribution in [0.25, 0.3) is 116 Å². The number of benzene rings is 8. The molecule has 0 spiro atoms. The third kappa shape index (κ3) is 5.42. The lowest BCUT2D eigenvalue weighted by Gasteiger charge is -2.12. The minimum absolute atomic E-state index is 0.910. The number of fused-ring (bicyclic) bond motifs is 10. The Morgan fingerprint density at radius 1 is 0.322 bits per heavy atom. The summed E-state index contributed by atoms with van der Waals surface area (Å²) in [6.07, 6.45) is 0. The molecule has 0 saturated carbocycles. The molecule has 0 aliphatic carbocycles. The molecule has 59 heavy (non-hydrogen) atoms. The fourth-order valence-corrected chi connectivity index (χ4v) is 8.93. The van der Waals surface area contributed by atoms with Gasteiger partial charge in [0.15, 0.2) is 0 Å². The zero-order chi connectivity index (χ0) is 38.9. The van der Waals surface area contributed by atoms with Crippen LogP contribution in [0.5, 0.6) is 0 Å². The standard InChI is InChI=1S/C55H34N4/c1-4-12-36(13-5-1)46-30-26-39-24-25-40-27-31-47(57-55(40)54(39)56-46)37-22-20-35(21-23-37)41-28-32-49-45(34-41)52-50(59(49)42-16-8-3-9-17-42)33-29-44-51(52)43-18-10-11-19-48(43)58-53(44)38-14-6-2-7-15-38/h1-34H. The van der Waals surface area contributed by atoms with Crippen LogP contribution < -0.4 is 0 Å². The van der Waals surface area contributed by atoms with E-state index >= 15 is 0 Å². The molecule has 4 heteroatoms. The summed E-state index contributed by atoms with van der Waals surface area (Å²) >= 11 is 0. The highest BCUT2D eigenvalue weighted by Gasteiger charge is 2.20. The van der Waals surface area contributed by atoms with Gasteiger partial charge in [0, 0.05) is 60.1 Å². The Balaban J connectivity index is 1.03. The first kappa shape index (κ1) is 33.2. The van der Waals surface area contributed by atoms with Crippen LogP contribution in [-0.4, -0.2) is 19.5 Å². The van der Waals surface area contributed by atoms with E-state index in [1.54, 1.807) is 0 Å². The van der Waals surface area contributed by atoms with Crippen molar-refractivity contribution < 1.29 is 0 Å². The number of para-hydroxylation sites is 2. The van der Waals surface area contributed by atoms with Crippen molar-refractivity contribution in [2.75, 3.05) is 0 Å². The Kier molecular flexibility index (Phi) is 7.50. The van der Waals surface area contributed by atoms with Crippen molar-refractivity contribution in [1.82, 2.24) is 19.5 Å². The van der Waals surface area contributed by atoms with Gasteiger partial charge in [-0.1, -0.05) is 158 Å². The van der Waals surface area contributed by atoms with Crippen LogP contribution in [0.1, 0.15) is 0 Å². The van der Waals surface area contributed by atoms with E-state index in [0.717, 1.165) is 94.2 Å². The zero-order valence-corrected chi connectivity index (χ0v) is 31.9. The van der Waals surface area contributed by atoms with Gasteiger partial charge >= 0.3 is 0 Å². The topological polar surface area (TPSA) is 43.6 Å². The summed E-state index contributed by atoms with van der Waals surface area (Å²) < 4.78 is 2.40. The van der Waals surface area contributed by atoms with Gasteiger partial charge in [-0.3, -0.25) is 0 Å². The van der Waals surface area contributed by atoms with E-state index in [1.165, 1.54) is 21.7 Å². The minimum atomic E-state index is 0.910. The Morgan fingerprint density at radius 3 is 1.56 bits per heavy atom. The van der Waals surface area contributed by atoms with Crippen LogP contribution in [0.2, 0.25) is 0 Å². The Labute approximate surface area is 340 Å². The lowest BCUT2D eigenvalue weighted by atomic mass is 9.95. The van der Waals surface area contributed by atoms with Gasteiger partial charge in [0.25, 0.3) is 0 Å². The Hall–Kier alpha value is -7.95. The lowest BCUT2D eigenvalue weighted by Crippen LogP contribution is -1.94. The summed E-state index contributed by atoms with van der Waals surface area (Å²) in [5.41, 5.74) is 14.7. The zero-order valence-electron chi connectivity index (χ0n) is 31.9. The third-order valence-electron chi connectivity index (χ3n) is 11.8. The molecule has 0 radical (unpaired) electrons. The van der Waals surface area contributed by atoms with Crippen molar-refractivity contribution in [3.63, 3.8) is 0 Å². The first-order chi connectivity index (χ1) is 29.2. The van der Waals surface area contributed by atoms with Crippen molar-refractivity contribution in [3.05, 3.63) is 206 Å². The highest BCUT2D eigenvalue weighted by atomic mass is 15.0. The number of aromatic nitrogens is 4. The Bertz CT molecular complexity index is 3580. The molecular weight excluding hydrogens is 717 g/mol. The molecule has 4 aromatic heterocycles. The second-order valence-corrected chi connectivity index (χ2v) is 15.2. The molecule has 12 aromatic rings. The van der Waals surface area contributed by atoms with Gasteiger partial charge in [-0.15, -0.1) is 0 Å². The van der Waals surface area contributed by atoms with Gasteiger partial charge in [0.2, 0.25) is 0 Å². The van der Waals surface area contributed by atoms with E-state index < -0.39 is 0 Å². The number of hydrogen-bond donors (Lipinski definition) is 0. The van der Waals surface area contributed by atoms with Crippen molar-refractivity contribution in [2.45, 2.75) is 0 Å². The SMILES string of the molecule is c1ccc(-c2ccc3ccc4ccc(-c5ccc(-c6ccc7c(c6)c6c8c(ccc6n7-c6ccccc6)c(-c6ccccc6)nc6ccccc68)cc5)nc4c3n2)cc1. The molecule has 0 saturated heterocycles. The second-order valence-electron chi connectivity index (χ2n) is 15.2. The monoisotopic (exact) mass is 750 g/mol. The number of pyridine rings is 3. The number of nitrogens with zero attached hydrogens (tertiary/aromatic N) is 4. The maximum absolute atomic E-state index is 5.26. The molecular formula is C55H34N4. The van der Waals surface area contributed by atoms with Gasteiger partial charge in [-0.2, -0.15) is 0 Å². The molecule has 0 aliphatic heterocycles. The molecule has 274 valence electrons. The summed E-state index contributed by atoms with van der Waals surface area (Å²) in [6, 6.07) is 73.2. The van der Waals surface area contributed by atoms with E-state index in [0.29, 0.717) is 0 Å². The van der Waals surface area contributed by atoms with Crippen LogP contribution in [0, 0.1) is 0 Å². The smallest absolute Gasteiger partial charge is 0.0972 e. The van der Waals surface area contributed by atoms with Crippen molar-refractivity contribution >= 4 is 65.3 Å². The van der Waals surface area contributed by atoms with E-state index in [1.807, 2.05) is 6.07 Å². The minimum Gasteiger partial charge on any atom is -0.309 e. The summed E-state index contributed by atoms with van der Waals surface area (Å²) in [6.45, 7) is 0. The fraction of sp³-hybridized carbons (Fsp3) is 0. The maximum atomic E-state index is 5.26. The summed E-state index contributed by atoms with van der Waals surface area (Å²) in [5.74, 6) is 0. The summed E-state index contributed by atoms with van der Waals surface area (Å²) in [5, 5.41) is 8.10. The molecule has 0 aliphatic rings. The van der Waals surface area contributed by atoms with Crippen LogP contribution in [-0.2, 0) is 0 Å². The van der Waals surface area contributed by atoms with E-state index in [4.69, 9.17) is 15.0 Å². The maximum Gasteiger partial charge on any atom is 0.0972 e. The van der Waals surface area contributed by atoms with Gasteiger partial charge in [0.05, 0.1) is 44.7 Å². The van der Waals surface area contributed by atoms with Gasteiger partial charge in [-0.25, -0.2) is 15.0 Å². The highest BCUT2D eigenvalue weighted by molar-refractivity contribution is 6.29. The van der Waals surface area contributed by atoms with E-state index in [-0.39, 0.29) is 0 Å². The molecule has 4 heterocycles. The molecule has 0 bridgehead atoms. The number of rotatable bonds is 5. The average molecular weight is 751 g/mol. The quantitative estimate of drug-likeness (QED) is 0.165. The first-order valence-corrected chi connectivity index (χ1v) is 20.0. The highest BCUT2D eigenvalue weighted by Crippen LogP contribution is 2.43. The van der Waals surface area contributed by atoms with Gasteiger partial charge in [0.1, 0.15) is 0 Å². The second kappa shape index (κ2) is 13.3. The molecule has 0 N–H and O–H groups in total. The van der Waals surface area contributed by atoms with E-state index in [2.05, 4.69) is 205 Å². The molecule has 8 aromatic carbocycles. The predicted octanol–water partition coefficient (Wildman–Crippen LogP) is 14.2. The summed E-state index contributed by atoms with van der Waals surface area (Å²) in [4.78, 5) is 15.6. The fourth-order valence-electron chi connectivity index (χ4n) is 8.93. The predicted molar refractivity (Wildman–Crippen MR) is 246 cm³/mol. The molecule has 12 rings (SSSR count). The number of hydrogen-bond acceptors (Lipinski definition) is 3. The largest absolute Gasteiger partial charge is 0.309 e. The molecule has 0 atom stereocenters. The molecule has 0 fully saturated rings. The van der Waals surface area contributed by atoms with Gasteiger partial charge in [-0.05, 0) is 59.7 Å². The average Bonchev–Trinajstić information content (AvgIpc) is 3.65. The molecule has 4 nitrogen and oxygen atoms in total. The molecule has 0 unspecified atom stereocenters. The van der Waals surface area contributed by atoms with Crippen LogP contribution in [0.3, 0.4) is 0 Å². The lowest BCUT2D eigenvalue weighted by molar-refractivity contribution is 1.18. The van der Waals surface area contributed by atoms with Crippen LogP contribution >= 0.6 is 0 Å². The van der Waals surface area contributed by atoms with E-state index in [9.17, 15) is 0 Å². The van der Waals surface area contributed by atoms with Crippen molar-refractivity contribution in [2.24, 2.45) is 0 Å². The van der Waals surface area contributed by atoms with Crippen molar-refractivity contribution in [1.29, 1.82) is 0 Å². The summed E-state index contributed by atoms with van der Waals surface area (Å²) in [7, 11) is 0.